The Morgan fingerprint density at radius 1 is 1.35 bits per heavy atom. The number of aromatic nitrogens is 2. The maximum absolute atomic E-state index is 5.35. The molecule has 0 aliphatic rings. The van der Waals surface area contributed by atoms with E-state index in [0.29, 0.717) is 10.6 Å². The summed E-state index contributed by atoms with van der Waals surface area (Å²) in [4.78, 5) is 7.91. The van der Waals surface area contributed by atoms with Gasteiger partial charge < -0.3 is 4.98 Å². The van der Waals surface area contributed by atoms with Crippen LogP contribution in [0.25, 0.3) is 0 Å². The molecule has 2 aromatic rings. The van der Waals surface area contributed by atoms with Gasteiger partial charge in [-0.2, -0.15) is 0 Å². The fraction of sp³-hybridized carbons (Fsp3) is 0.375. The number of aromatic amines is 1. The average Bonchev–Trinajstić information content (AvgIpc) is 2.35. The van der Waals surface area contributed by atoms with Crippen LogP contribution in [0, 0.1) is 17.5 Å². The fourth-order valence-corrected chi connectivity index (χ4v) is 2.79. The zero-order valence-electron chi connectivity index (χ0n) is 12.0. The lowest BCUT2D eigenvalue weighted by Crippen LogP contribution is -2.05. The van der Waals surface area contributed by atoms with Crippen LogP contribution in [0.15, 0.2) is 28.7 Å². The molecule has 1 aromatic carbocycles. The van der Waals surface area contributed by atoms with Crippen molar-refractivity contribution in [2.75, 3.05) is 0 Å². The van der Waals surface area contributed by atoms with Crippen molar-refractivity contribution in [3.05, 3.63) is 56.0 Å². The summed E-state index contributed by atoms with van der Waals surface area (Å²) in [5, 5.41) is 0. The van der Waals surface area contributed by atoms with Crippen molar-refractivity contribution >= 4 is 28.1 Å². The highest BCUT2D eigenvalue weighted by Gasteiger charge is 2.09. The molecular weight excluding hydrogens is 332 g/mol. The molecule has 0 spiro atoms. The maximum atomic E-state index is 5.35. The number of aryl methyl sites for hydroxylation is 1. The summed E-state index contributed by atoms with van der Waals surface area (Å²) in [5.41, 5.74) is 3.66. The summed E-state index contributed by atoms with van der Waals surface area (Å²) in [5.74, 6) is 1.51. The van der Waals surface area contributed by atoms with Crippen LogP contribution < -0.4 is 0 Å². The van der Waals surface area contributed by atoms with Gasteiger partial charge in [-0.25, -0.2) is 4.98 Å². The molecule has 0 radical (unpaired) electrons. The first-order valence-electron chi connectivity index (χ1n) is 6.79. The van der Waals surface area contributed by atoms with Gasteiger partial charge in [0, 0.05) is 12.1 Å². The Hall–Kier alpha value is -1.00. The third kappa shape index (κ3) is 4.00. The largest absolute Gasteiger partial charge is 0.346 e. The second-order valence-corrected chi connectivity index (χ2v) is 6.72. The molecule has 20 heavy (non-hydrogen) atoms. The summed E-state index contributed by atoms with van der Waals surface area (Å²) in [6, 6.07) is 8.48. The van der Waals surface area contributed by atoms with E-state index in [9.17, 15) is 0 Å². The molecule has 1 N–H and O–H groups in total. The number of hydrogen-bond donors (Lipinski definition) is 1. The van der Waals surface area contributed by atoms with Crippen LogP contribution in [0.1, 0.15) is 36.5 Å². The molecule has 0 saturated heterocycles. The van der Waals surface area contributed by atoms with Gasteiger partial charge in [-0.3, -0.25) is 0 Å². The fourth-order valence-electron chi connectivity index (χ4n) is 2.21. The molecule has 1 aromatic heterocycles. The van der Waals surface area contributed by atoms with E-state index < -0.39 is 0 Å². The van der Waals surface area contributed by atoms with Crippen molar-refractivity contribution in [1.29, 1.82) is 0 Å². The highest BCUT2D eigenvalue weighted by molar-refractivity contribution is 9.10. The van der Waals surface area contributed by atoms with Gasteiger partial charge in [0.25, 0.3) is 0 Å². The van der Waals surface area contributed by atoms with Gasteiger partial charge in [-0.1, -0.05) is 55.9 Å². The van der Waals surface area contributed by atoms with Crippen LogP contribution in [-0.4, -0.2) is 9.97 Å². The Morgan fingerprint density at radius 2 is 2.10 bits per heavy atom. The molecule has 0 saturated carbocycles. The van der Waals surface area contributed by atoms with Crippen LogP contribution in [-0.2, 0) is 12.8 Å². The number of rotatable bonds is 4. The highest BCUT2D eigenvalue weighted by atomic mass is 79.9. The van der Waals surface area contributed by atoms with Gasteiger partial charge in [0.05, 0.1) is 4.47 Å². The Morgan fingerprint density at radius 3 is 2.75 bits per heavy atom. The van der Waals surface area contributed by atoms with Crippen molar-refractivity contribution in [3.8, 4) is 0 Å². The van der Waals surface area contributed by atoms with Crippen molar-refractivity contribution in [3.63, 3.8) is 0 Å². The Bertz CT molecular complexity index is 662. The lowest BCUT2D eigenvalue weighted by molar-refractivity contribution is 0.628. The van der Waals surface area contributed by atoms with E-state index in [1.165, 1.54) is 11.1 Å². The molecule has 4 heteroatoms. The van der Waals surface area contributed by atoms with Crippen LogP contribution in [0.4, 0.5) is 0 Å². The van der Waals surface area contributed by atoms with Crippen LogP contribution in [0.5, 0.6) is 0 Å². The van der Waals surface area contributed by atoms with Crippen LogP contribution >= 0.6 is 28.1 Å². The predicted molar refractivity (Wildman–Crippen MR) is 89.6 cm³/mol. The first-order valence-corrected chi connectivity index (χ1v) is 7.99. The number of hydrogen-bond acceptors (Lipinski definition) is 2. The van der Waals surface area contributed by atoms with E-state index in [1.54, 1.807) is 0 Å². The quantitative estimate of drug-likeness (QED) is 0.786. The topological polar surface area (TPSA) is 28.7 Å². The summed E-state index contributed by atoms with van der Waals surface area (Å²) in [7, 11) is 0. The summed E-state index contributed by atoms with van der Waals surface area (Å²) in [6.45, 7) is 6.50. The van der Waals surface area contributed by atoms with E-state index in [-0.39, 0.29) is 0 Å². The second kappa shape index (κ2) is 6.64. The lowest BCUT2D eigenvalue weighted by atomic mass is 10.1. The van der Waals surface area contributed by atoms with E-state index in [0.717, 1.165) is 28.8 Å². The first-order chi connectivity index (χ1) is 9.45. The number of H-pyrrole nitrogens is 1. The smallest absolute Gasteiger partial charge is 0.144 e. The summed E-state index contributed by atoms with van der Waals surface area (Å²) < 4.78 is 1.57. The lowest BCUT2D eigenvalue weighted by Gasteiger charge is -2.11. The molecule has 0 unspecified atom stereocenters. The van der Waals surface area contributed by atoms with Crippen molar-refractivity contribution in [1.82, 2.24) is 9.97 Å². The zero-order chi connectivity index (χ0) is 14.7. The maximum Gasteiger partial charge on any atom is 0.144 e. The van der Waals surface area contributed by atoms with E-state index >= 15 is 0 Å². The molecule has 0 atom stereocenters. The van der Waals surface area contributed by atoms with Gasteiger partial charge >= 0.3 is 0 Å². The molecule has 0 aliphatic carbocycles. The molecule has 0 bridgehead atoms. The summed E-state index contributed by atoms with van der Waals surface area (Å²) in [6.07, 6.45) is 1.75. The van der Waals surface area contributed by atoms with Gasteiger partial charge in [0.1, 0.15) is 10.5 Å². The third-order valence-electron chi connectivity index (χ3n) is 3.05. The molecule has 106 valence electrons. The molecule has 0 aliphatic heterocycles. The minimum atomic E-state index is 0.575. The number of nitrogens with zero attached hydrogens (tertiary/aromatic N) is 1. The molecule has 0 amide bonds. The molecule has 1 heterocycles. The second-order valence-electron chi connectivity index (χ2n) is 5.54. The third-order valence-corrected chi connectivity index (χ3v) is 4.46. The molecule has 2 rings (SSSR count). The predicted octanol–water partition coefficient (Wildman–Crippen LogP) is 5.00. The Labute approximate surface area is 133 Å². The van der Waals surface area contributed by atoms with E-state index in [1.807, 2.05) is 0 Å². The first kappa shape index (κ1) is 15.4. The Balaban J connectivity index is 2.33. The van der Waals surface area contributed by atoms with Crippen molar-refractivity contribution < 1.29 is 0 Å². The van der Waals surface area contributed by atoms with Gasteiger partial charge in [-0.05, 0) is 40.8 Å². The zero-order valence-corrected chi connectivity index (χ0v) is 14.4. The highest BCUT2D eigenvalue weighted by Crippen LogP contribution is 2.20. The minimum Gasteiger partial charge on any atom is -0.346 e. The van der Waals surface area contributed by atoms with E-state index in [4.69, 9.17) is 12.2 Å². The summed E-state index contributed by atoms with van der Waals surface area (Å²) >= 11 is 8.89. The van der Waals surface area contributed by atoms with Gasteiger partial charge in [-0.15, -0.1) is 0 Å². The van der Waals surface area contributed by atoms with E-state index in [2.05, 4.69) is 70.9 Å². The molecular formula is C16H19BrN2S. The van der Waals surface area contributed by atoms with Crippen molar-refractivity contribution in [2.45, 2.75) is 33.6 Å². The van der Waals surface area contributed by atoms with Crippen LogP contribution in [0.2, 0.25) is 0 Å². The van der Waals surface area contributed by atoms with Gasteiger partial charge in [0.2, 0.25) is 0 Å². The van der Waals surface area contributed by atoms with Crippen LogP contribution in [0.3, 0.4) is 0 Å². The average molecular weight is 351 g/mol. The van der Waals surface area contributed by atoms with Crippen molar-refractivity contribution in [2.24, 2.45) is 5.92 Å². The number of halogens is 1. The number of benzene rings is 1. The molecule has 0 fully saturated rings. The number of nitrogens with one attached hydrogen (secondary N) is 1. The Kier molecular flexibility index (Phi) is 5.11. The standard InChI is InChI=1S/C16H19BrN2S/c1-10(2)7-13-15(17)16(20)19-14(18-13)9-12-6-4-5-11(3)8-12/h4-6,8,10H,7,9H2,1-3H3,(H,18,19,20). The van der Waals surface area contributed by atoms with Gasteiger partial charge in [0.15, 0.2) is 0 Å². The SMILES string of the molecule is Cc1cccc(Cc2nc(=S)c(Br)c(CC(C)C)[nH]2)c1. The normalized spacial score (nSPS) is 11.1. The minimum absolute atomic E-state index is 0.575. The monoisotopic (exact) mass is 350 g/mol. The molecule has 2 nitrogen and oxygen atoms in total.